The zero-order valence-electron chi connectivity index (χ0n) is 28.1. The lowest BCUT2D eigenvalue weighted by Crippen LogP contribution is -2.51. The van der Waals surface area contributed by atoms with E-state index in [0.717, 1.165) is 0 Å². The van der Waals surface area contributed by atoms with Crippen molar-refractivity contribution < 1.29 is 64.5 Å². The molecule has 17 heteroatoms. The summed E-state index contributed by atoms with van der Waals surface area (Å²) in [5.41, 5.74) is 4.22. The number of unbranched alkanes of at least 4 members (excludes halogenated alkanes) is 1. The van der Waals surface area contributed by atoms with Crippen molar-refractivity contribution in [2.24, 2.45) is 22.1 Å². The number of carbonyl (C=O) groups is 6. The Morgan fingerprint density at radius 2 is 1.50 bits per heavy atom. The van der Waals surface area contributed by atoms with Gasteiger partial charge >= 0.3 is 11.9 Å². The number of rotatable bonds is 26. The second kappa shape index (κ2) is 22.3. The highest BCUT2D eigenvalue weighted by Crippen LogP contribution is 2.33. The predicted molar refractivity (Wildman–Crippen MR) is 172 cm³/mol. The van der Waals surface area contributed by atoms with E-state index in [9.17, 15) is 59.4 Å². The van der Waals surface area contributed by atoms with E-state index in [0.29, 0.717) is 25.8 Å². The number of carbonyl (C=O) groups excluding carboxylic acids is 4. The molecule has 0 aromatic heterocycles. The van der Waals surface area contributed by atoms with Crippen molar-refractivity contribution in [2.45, 2.75) is 122 Å². The summed E-state index contributed by atoms with van der Waals surface area (Å²) < 4.78 is 0. The van der Waals surface area contributed by atoms with E-state index in [-0.39, 0.29) is 31.4 Å². The number of carboxylic acids is 2. The molecule has 0 bridgehead atoms. The zero-order valence-corrected chi connectivity index (χ0v) is 28.1. The van der Waals surface area contributed by atoms with Gasteiger partial charge in [-0.3, -0.25) is 33.8 Å². The third-order valence-electron chi connectivity index (χ3n) is 8.43. The van der Waals surface area contributed by atoms with E-state index in [1.807, 2.05) is 0 Å². The Hall–Kier alpha value is -3.35. The fourth-order valence-corrected chi connectivity index (χ4v) is 4.80. The van der Waals surface area contributed by atoms with Gasteiger partial charge in [-0.25, -0.2) is 0 Å². The van der Waals surface area contributed by atoms with Crippen LogP contribution in [0.5, 0.6) is 0 Å². The van der Waals surface area contributed by atoms with Crippen molar-refractivity contribution in [1.29, 1.82) is 0 Å². The minimum atomic E-state index is -1.92. The molecule has 48 heavy (non-hydrogen) atoms. The number of amides is 2. The number of carboxylic acid groups (broad SMARTS) is 2. The van der Waals surface area contributed by atoms with Crippen LogP contribution in [0.1, 0.15) is 85.5 Å². The molecular weight excluding hydrogens is 636 g/mol. The second-order valence-electron chi connectivity index (χ2n) is 12.2. The number of nitrogens with two attached hydrogens (primary N) is 1. The summed E-state index contributed by atoms with van der Waals surface area (Å²) in [4.78, 5) is 79.2. The Morgan fingerprint density at radius 3 is 2.00 bits per heavy atom. The second-order valence-corrected chi connectivity index (χ2v) is 12.2. The summed E-state index contributed by atoms with van der Waals surface area (Å²) >= 11 is 0. The summed E-state index contributed by atoms with van der Waals surface area (Å²) in [6.07, 6.45) is -6.81. The number of hydrogen-bond acceptors (Lipinski definition) is 13. The monoisotopic (exact) mass is 690 g/mol. The lowest BCUT2D eigenvalue weighted by molar-refractivity contribution is -0.144. The molecule has 0 aliphatic rings. The molecule has 17 nitrogen and oxygen atoms in total. The minimum absolute atomic E-state index is 0.0839. The third kappa shape index (κ3) is 15.7. The molecule has 276 valence electrons. The normalized spacial score (nSPS) is 17.5. The highest BCUT2D eigenvalue weighted by atomic mass is 16.4. The molecule has 11 N–H and O–H groups in total. The summed E-state index contributed by atoms with van der Waals surface area (Å²) in [6.45, 7) is 4.72. The number of ketones is 2. The van der Waals surface area contributed by atoms with Crippen LogP contribution in [0.3, 0.4) is 0 Å². The van der Waals surface area contributed by atoms with Gasteiger partial charge in [-0.05, 0) is 52.0 Å². The van der Waals surface area contributed by atoms with Crippen molar-refractivity contribution in [2.75, 3.05) is 19.7 Å². The molecule has 0 fully saturated rings. The lowest BCUT2D eigenvalue weighted by atomic mass is 9.73. The molecule has 0 rings (SSSR count). The Balaban J connectivity index is 5.87. The number of aliphatic imine (C=N–C) groups is 1. The summed E-state index contributed by atoms with van der Waals surface area (Å²) in [5, 5.41) is 71.9. The number of nitrogens with one attached hydrogen (secondary N) is 2. The summed E-state index contributed by atoms with van der Waals surface area (Å²) in [6, 6.07) is -2.96. The van der Waals surface area contributed by atoms with Gasteiger partial charge in [0.15, 0.2) is 11.6 Å². The zero-order chi connectivity index (χ0) is 37.2. The van der Waals surface area contributed by atoms with Crippen LogP contribution in [0.25, 0.3) is 0 Å². The summed E-state index contributed by atoms with van der Waals surface area (Å²) in [7, 11) is 0. The Labute approximate surface area is 280 Å². The number of Topliss-reactive ketones (excluding diaryl/α,β-unsaturated/α-hetero) is 2. The van der Waals surface area contributed by atoms with Gasteiger partial charge in [-0.1, -0.05) is 20.3 Å². The largest absolute Gasteiger partial charge is 0.481 e. The van der Waals surface area contributed by atoms with E-state index in [2.05, 4.69) is 15.6 Å². The third-order valence-corrected chi connectivity index (χ3v) is 8.43. The molecule has 0 saturated heterocycles. The molecule has 0 heterocycles. The molecule has 0 aromatic rings. The molecule has 0 spiro atoms. The average Bonchev–Trinajstić information content (AvgIpc) is 3.04. The Bertz CT molecular complexity index is 1120. The van der Waals surface area contributed by atoms with Crippen molar-refractivity contribution in [1.82, 2.24) is 10.6 Å². The topological polar surface area (TPSA) is 306 Å². The standard InChI is InChI=1S/C31H54N4O13/c1-5-31(4,12-11-19(30(47)48)8-6-7-13-32)28(45)21(14-25(41)42)35-29(46)20(34-17(2)18(3)37)9-10-24(40)33-15-22(38)26(43)27(44)23(39)16-36/h19-23,26-27,36,38-39,43-44H,5-16,32H2,1-4H3,(H,33,40)(H,35,46)(H,41,42)(H,47,48)/t19-,20+,21?,22+,23-,26-,27-,31?/m1/s1. The van der Waals surface area contributed by atoms with Crippen LogP contribution >= 0.6 is 0 Å². The fourth-order valence-electron chi connectivity index (χ4n) is 4.80. The quantitative estimate of drug-likeness (QED) is 0.0357. The first kappa shape index (κ1) is 44.6. The number of nitrogens with zero attached hydrogens (tertiary/aromatic N) is 1. The van der Waals surface area contributed by atoms with Crippen LogP contribution in [0, 0.1) is 11.3 Å². The first-order valence-corrected chi connectivity index (χ1v) is 16.0. The van der Waals surface area contributed by atoms with Crippen molar-refractivity contribution in [3.05, 3.63) is 0 Å². The molecule has 2 unspecified atom stereocenters. The number of hydrogen-bond donors (Lipinski definition) is 10. The van der Waals surface area contributed by atoms with E-state index < -0.39 is 109 Å². The van der Waals surface area contributed by atoms with Gasteiger partial charge in [0.1, 0.15) is 24.4 Å². The Morgan fingerprint density at radius 1 is 0.896 bits per heavy atom. The molecular formula is C31H54N4O13. The van der Waals surface area contributed by atoms with Gasteiger partial charge in [0.25, 0.3) is 0 Å². The lowest BCUT2D eigenvalue weighted by Gasteiger charge is -2.32. The first-order valence-electron chi connectivity index (χ1n) is 16.0. The maximum Gasteiger partial charge on any atom is 0.306 e. The van der Waals surface area contributed by atoms with Crippen LogP contribution in [-0.2, 0) is 28.8 Å². The van der Waals surface area contributed by atoms with Crippen LogP contribution < -0.4 is 16.4 Å². The molecule has 8 atom stereocenters. The Kier molecular flexibility index (Phi) is 20.8. The number of aliphatic hydroxyl groups excluding tert-OH is 5. The fraction of sp³-hybridized carbons (Fsp3) is 0.774. The van der Waals surface area contributed by atoms with Crippen LogP contribution in [0.2, 0.25) is 0 Å². The van der Waals surface area contributed by atoms with Gasteiger partial charge in [0, 0.05) is 25.3 Å². The van der Waals surface area contributed by atoms with Crippen LogP contribution in [0.15, 0.2) is 4.99 Å². The number of aliphatic carboxylic acids is 2. The predicted octanol–water partition coefficient (Wildman–Crippen LogP) is -1.71. The van der Waals surface area contributed by atoms with E-state index in [1.54, 1.807) is 13.8 Å². The van der Waals surface area contributed by atoms with Gasteiger partial charge in [-0.2, -0.15) is 0 Å². The maximum absolute atomic E-state index is 13.8. The molecule has 0 aromatic carbocycles. The van der Waals surface area contributed by atoms with E-state index >= 15 is 0 Å². The van der Waals surface area contributed by atoms with Crippen LogP contribution in [0.4, 0.5) is 0 Å². The smallest absolute Gasteiger partial charge is 0.306 e. The molecule has 0 radical (unpaired) electrons. The van der Waals surface area contributed by atoms with Gasteiger partial charge in [0.05, 0.1) is 36.8 Å². The SMILES string of the molecule is CCC(C)(CC[C@@H](CCCCN)C(=O)O)C(=O)C(CC(=O)O)NC(=O)[C@H](CCC(=O)NC[C@H](O)[C@@H](O)[C@H](O)[C@H](O)CO)N=C(C)C(C)=O. The average molecular weight is 691 g/mol. The van der Waals surface area contributed by atoms with Crippen molar-refractivity contribution >= 4 is 41.0 Å². The first-order chi connectivity index (χ1) is 22.3. The highest BCUT2D eigenvalue weighted by Gasteiger charge is 2.39. The molecule has 2 amide bonds. The van der Waals surface area contributed by atoms with Crippen molar-refractivity contribution in [3.63, 3.8) is 0 Å². The van der Waals surface area contributed by atoms with Gasteiger partial charge in [0.2, 0.25) is 11.8 Å². The van der Waals surface area contributed by atoms with E-state index in [1.165, 1.54) is 13.8 Å². The van der Waals surface area contributed by atoms with Crippen LogP contribution in [-0.4, -0.2) is 133 Å². The number of aliphatic hydroxyl groups is 5. The van der Waals surface area contributed by atoms with Gasteiger partial charge in [-0.15, -0.1) is 0 Å². The van der Waals surface area contributed by atoms with Crippen molar-refractivity contribution in [3.8, 4) is 0 Å². The summed E-state index contributed by atoms with van der Waals surface area (Å²) in [5.74, 6) is -5.97. The van der Waals surface area contributed by atoms with E-state index in [4.69, 9.17) is 10.8 Å². The minimum Gasteiger partial charge on any atom is -0.481 e. The van der Waals surface area contributed by atoms with Gasteiger partial charge < -0.3 is 52.1 Å². The molecule has 0 saturated carbocycles. The molecule has 0 aliphatic heterocycles. The highest BCUT2D eigenvalue weighted by molar-refractivity contribution is 6.38. The maximum atomic E-state index is 13.8. The molecule has 0 aliphatic carbocycles.